The number of aliphatic hydroxyl groups is 1. The zero-order valence-corrected chi connectivity index (χ0v) is 11.7. The SMILES string of the molecule is CC1CCN(S(=O)(=O)N[C@H](CO)C(C)C)CC1. The molecule has 0 aliphatic carbocycles. The maximum atomic E-state index is 12.1. The quantitative estimate of drug-likeness (QED) is 0.763. The molecule has 6 heteroatoms. The summed E-state index contributed by atoms with van der Waals surface area (Å²) < 4.78 is 28.2. The molecule has 1 rings (SSSR count). The summed E-state index contributed by atoms with van der Waals surface area (Å²) in [5.41, 5.74) is 0. The first-order chi connectivity index (χ1) is 7.86. The molecule has 0 aromatic carbocycles. The number of aliphatic hydroxyl groups excluding tert-OH is 1. The second-order valence-corrected chi connectivity index (χ2v) is 6.94. The molecule has 0 aromatic rings. The Morgan fingerprint density at radius 3 is 2.29 bits per heavy atom. The van der Waals surface area contributed by atoms with Gasteiger partial charge in [-0.1, -0.05) is 20.8 Å². The fourth-order valence-electron chi connectivity index (χ4n) is 1.88. The maximum Gasteiger partial charge on any atom is 0.279 e. The molecule has 1 aliphatic heterocycles. The standard InChI is InChI=1S/C11H24N2O3S/c1-9(2)11(8-14)12-17(15,16)13-6-4-10(3)5-7-13/h9-12,14H,4-8H2,1-3H3/t11-/m1/s1. The molecule has 0 unspecified atom stereocenters. The Kier molecular flexibility index (Phi) is 5.37. The van der Waals surface area contributed by atoms with Crippen LogP contribution < -0.4 is 4.72 Å². The fraction of sp³-hybridized carbons (Fsp3) is 1.00. The molecule has 1 aliphatic rings. The van der Waals surface area contributed by atoms with E-state index in [-0.39, 0.29) is 12.5 Å². The molecule has 0 aromatic heterocycles. The molecule has 0 spiro atoms. The highest BCUT2D eigenvalue weighted by Crippen LogP contribution is 2.18. The lowest BCUT2D eigenvalue weighted by molar-refractivity contribution is 0.221. The average Bonchev–Trinajstić information content (AvgIpc) is 2.26. The second-order valence-electron chi connectivity index (χ2n) is 5.24. The van der Waals surface area contributed by atoms with Crippen LogP contribution in [0.15, 0.2) is 0 Å². The fourth-order valence-corrected chi connectivity index (χ4v) is 3.45. The minimum Gasteiger partial charge on any atom is -0.395 e. The topological polar surface area (TPSA) is 69.6 Å². The van der Waals surface area contributed by atoms with Crippen LogP contribution in [0.3, 0.4) is 0 Å². The van der Waals surface area contributed by atoms with Crippen molar-refractivity contribution in [1.82, 2.24) is 9.03 Å². The summed E-state index contributed by atoms with van der Waals surface area (Å²) >= 11 is 0. The van der Waals surface area contributed by atoms with Gasteiger partial charge in [0.2, 0.25) is 0 Å². The van der Waals surface area contributed by atoms with Crippen molar-refractivity contribution in [2.75, 3.05) is 19.7 Å². The number of nitrogens with one attached hydrogen (secondary N) is 1. The summed E-state index contributed by atoms with van der Waals surface area (Å²) in [6.07, 6.45) is 1.82. The first-order valence-electron chi connectivity index (χ1n) is 6.25. The molecule has 0 bridgehead atoms. The van der Waals surface area contributed by atoms with Gasteiger partial charge in [-0.3, -0.25) is 0 Å². The third-order valence-corrected chi connectivity index (χ3v) is 5.03. The molecule has 5 nitrogen and oxygen atoms in total. The van der Waals surface area contributed by atoms with E-state index < -0.39 is 16.3 Å². The molecule has 102 valence electrons. The van der Waals surface area contributed by atoms with Crippen molar-refractivity contribution in [2.45, 2.75) is 39.7 Å². The van der Waals surface area contributed by atoms with Gasteiger partial charge >= 0.3 is 0 Å². The van der Waals surface area contributed by atoms with Crippen molar-refractivity contribution in [3.63, 3.8) is 0 Å². The number of piperidine rings is 1. The van der Waals surface area contributed by atoms with E-state index in [4.69, 9.17) is 5.11 Å². The van der Waals surface area contributed by atoms with Gasteiger partial charge < -0.3 is 5.11 Å². The lowest BCUT2D eigenvalue weighted by Gasteiger charge is -2.31. The Morgan fingerprint density at radius 1 is 1.35 bits per heavy atom. The summed E-state index contributed by atoms with van der Waals surface area (Å²) in [5.74, 6) is 0.679. The Bertz CT molecular complexity index is 322. The molecule has 1 heterocycles. The third-order valence-electron chi connectivity index (χ3n) is 3.38. The van der Waals surface area contributed by atoms with E-state index in [1.165, 1.54) is 4.31 Å². The highest BCUT2D eigenvalue weighted by atomic mass is 32.2. The van der Waals surface area contributed by atoms with Crippen molar-refractivity contribution >= 4 is 10.2 Å². The second kappa shape index (κ2) is 6.13. The molecule has 1 saturated heterocycles. The van der Waals surface area contributed by atoms with Crippen LogP contribution in [-0.4, -0.2) is 43.6 Å². The summed E-state index contributed by atoms with van der Waals surface area (Å²) in [6, 6.07) is -0.403. The number of nitrogens with zero attached hydrogens (tertiary/aromatic N) is 1. The molecular formula is C11H24N2O3S. The van der Waals surface area contributed by atoms with Gasteiger partial charge in [-0.05, 0) is 24.7 Å². The predicted octanol–water partition coefficient (Wildman–Crippen LogP) is 0.570. The summed E-state index contributed by atoms with van der Waals surface area (Å²) in [6.45, 7) is 6.91. The van der Waals surface area contributed by atoms with Gasteiger partial charge in [0.15, 0.2) is 0 Å². The Hall–Kier alpha value is -0.170. The normalized spacial score (nSPS) is 21.9. The smallest absolute Gasteiger partial charge is 0.279 e. The molecule has 17 heavy (non-hydrogen) atoms. The van der Waals surface area contributed by atoms with Crippen LogP contribution in [0.5, 0.6) is 0 Å². The molecule has 0 saturated carbocycles. The van der Waals surface area contributed by atoms with Crippen LogP contribution in [0, 0.1) is 11.8 Å². The highest BCUT2D eigenvalue weighted by molar-refractivity contribution is 7.87. The van der Waals surface area contributed by atoms with Crippen molar-refractivity contribution in [1.29, 1.82) is 0 Å². The number of hydrogen-bond acceptors (Lipinski definition) is 3. The van der Waals surface area contributed by atoms with E-state index in [9.17, 15) is 8.42 Å². The monoisotopic (exact) mass is 264 g/mol. The van der Waals surface area contributed by atoms with Crippen molar-refractivity contribution < 1.29 is 13.5 Å². The third kappa shape index (κ3) is 4.21. The Labute approximate surface area is 104 Å². The van der Waals surface area contributed by atoms with Crippen LogP contribution in [-0.2, 0) is 10.2 Å². The largest absolute Gasteiger partial charge is 0.395 e. The molecule has 1 atom stereocenters. The molecule has 1 fully saturated rings. The number of rotatable bonds is 5. The molecule has 2 N–H and O–H groups in total. The van der Waals surface area contributed by atoms with Gasteiger partial charge in [-0.25, -0.2) is 0 Å². The lowest BCUT2D eigenvalue weighted by Crippen LogP contribution is -2.50. The van der Waals surface area contributed by atoms with Gasteiger partial charge in [-0.15, -0.1) is 0 Å². The first-order valence-corrected chi connectivity index (χ1v) is 7.69. The molecular weight excluding hydrogens is 240 g/mol. The first kappa shape index (κ1) is 14.9. The van der Waals surface area contributed by atoms with Crippen LogP contribution in [0.2, 0.25) is 0 Å². The van der Waals surface area contributed by atoms with Crippen LogP contribution in [0.1, 0.15) is 33.6 Å². The minimum atomic E-state index is -3.44. The van der Waals surface area contributed by atoms with E-state index >= 15 is 0 Å². The van der Waals surface area contributed by atoms with Gasteiger partial charge in [0.1, 0.15) is 0 Å². The van der Waals surface area contributed by atoms with Gasteiger partial charge in [-0.2, -0.15) is 17.4 Å². The summed E-state index contributed by atoms with van der Waals surface area (Å²) in [7, 11) is -3.44. The summed E-state index contributed by atoms with van der Waals surface area (Å²) in [4.78, 5) is 0. The zero-order chi connectivity index (χ0) is 13.1. The van der Waals surface area contributed by atoms with Crippen molar-refractivity contribution in [3.8, 4) is 0 Å². The minimum absolute atomic E-state index is 0.0819. The van der Waals surface area contributed by atoms with E-state index in [1.807, 2.05) is 13.8 Å². The summed E-state index contributed by atoms with van der Waals surface area (Å²) in [5, 5.41) is 9.15. The van der Waals surface area contributed by atoms with Crippen LogP contribution in [0.4, 0.5) is 0 Å². The van der Waals surface area contributed by atoms with Crippen LogP contribution in [0.25, 0.3) is 0 Å². The van der Waals surface area contributed by atoms with E-state index in [2.05, 4.69) is 11.6 Å². The zero-order valence-electron chi connectivity index (χ0n) is 10.9. The van der Waals surface area contributed by atoms with Crippen molar-refractivity contribution in [3.05, 3.63) is 0 Å². The van der Waals surface area contributed by atoms with Gasteiger partial charge in [0.25, 0.3) is 10.2 Å². The molecule has 0 amide bonds. The Balaban J connectivity index is 2.62. The van der Waals surface area contributed by atoms with E-state index in [1.54, 1.807) is 0 Å². The van der Waals surface area contributed by atoms with Gasteiger partial charge in [0.05, 0.1) is 6.61 Å². The average molecular weight is 264 g/mol. The highest BCUT2D eigenvalue weighted by Gasteiger charge is 2.29. The Morgan fingerprint density at radius 2 is 1.88 bits per heavy atom. The number of hydrogen-bond donors (Lipinski definition) is 2. The van der Waals surface area contributed by atoms with Gasteiger partial charge in [0, 0.05) is 19.1 Å². The van der Waals surface area contributed by atoms with Crippen LogP contribution >= 0.6 is 0 Å². The predicted molar refractivity (Wildman–Crippen MR) is 67.7 cm³/mol. The maximum absolute atomic E-state index is 12.1. The van der Waals surface area contributed by atoms with Crippen molar-refractivity contribution in [2.24, 2.45) is 11.8 Å². The lowest BCUT2D eigenvalue weighted by atomic mass is 10.0. The van der Waals surface area contributed by atoms with E-state index in [0.717, 1.165) is 12.8 Å². The van der Waals surface area contributed by atoms with E-state index in [0.29, 0.717) is 19.0 Å². The molecule has 0 radical (unpaired) electrons.